The molecule has 0 fully saturated rings. The molecule has 0 saturated carbocycles. The number of hydrogen-bond donors (Lipinski definition) is 2. The lowest BCUT2D eigenvalue weighted by Gasteiger charge is -2.06. The van der Waals surface area contributed by atoms with Gasteiger partial charge in [-0.25, -0.2) is 17.5 Å². The Kier molecular flexibility index (Phi) is 3.07. The third-order valence-corrected chi connectivity index (χ3v) is 3.21. The third-order valence-electron chi connectivity index (χ3n) is 1.78. The van der Waals surface area contributed by atoms with Gasteiger partial charge in [0.1, 0.15) is 10.7 Å². The number of halogens is 1. The fourth-order valence-electron chi connectivity index (χ4n) is 0.975. The number of nitrogens with one attached hydrogen (secondary N) is 2. The molecule has 0 aliphatic rings. The maximum absolute atomic E-state index is 13.1. The Morgan fingerprint density at radius 2 is 1.93 bits per heavy atom. The van der Waals surface area contributed by atoms with Gasteiger partial charge in [0.2, 0.25) is 10.0 Å². The first-order valence-electron chi connectivity index (χ1n) is 3.92. The fourth-order valence-corrected chi connectivity index (χ4v) is 1.80. The molecule has 0 amide bonds. The molecule has 0 saturated heterocycles. The van der Waals surface area contributed by atoms with Crippen LogP contribution in [0.5, 0.6) is 0 Å². The van der Waals surface area contributed by atoms with Crippen molar-refractivity contribution in [2.45, 2.75) is 4.90 Å². The summed E-state index contributed by atoms with van der Waals surface area (Å²) in [7, 11) is -0.862. The summed E-state index contributed by atoms with van der Waals surface area (Å²) in [5, 5.41) is 2.73. The molecule has 6 heteroatoms. The monoisotopic (exact) mass is 218 g/mol. The van der Waals surface area contributed by atoms with Gasteiger partial charge in [0, 0.05) is 12.7 Å². The largest absolute Gasteiger partial charge is 0.388 e. The summed E-state index contributed by atoms with van der Waals surface area (Å²) in [6.07, 6.45) is 0. The van der Waals surface area contributed by atoms with Gasteiger partial charge in [0.25, 0.3) is 0 Å². The topological polar surface area (TPSA) is 58.2 Å². The summed E-state index contributed by atoms with van der Waals surface area (Å²) < 4.78 is 37.8. The molecular weight excluding hydrogens is 207 g/mol. The van der Waals surface area contributed by atoms with E-state index in [4.69, 9.17) is 0 Å². The average molecular weight is 218 g/mol. The van der Waals surface area contributed by atoms with Crippen molar-refractivity contribution in [3.8, 4) is 0 Å². The van der Waals surface area contributed by atoms with Crippen LogP contribution in [0.15, 0.2) is 23.1 Å². The van der Waals surface area contributed by atoms with Crippen molar-refractivity contribution in [2.24, 2.45) is 0 Å². The van der Waals surface area contributed by atoms with E-state index in [0.717, 1.165) is 6.07 Å². The predicted octanol–water partition coefficient (Wildman–Crippen LogP) is 0.775. The van der Waals surface area contributed by atoms with Gasteiger partial charge in [-0.05, 0) is 25.2 Å². The standard InChI is InChI=1S/C8H11FN2O2S/c1-10-6-3-4-7(9)8(5-6)14(12,13)11-2/h3-5,10-11H,1-2H3. The second kappa shape index (κ2) is 3.93. The second-order valence-corrected chi connectivity index (χ2v) is 4.46. The fraction of sp³-hybridized carbons (Fsp3) is 0.250. The lowest BCUT2D eigenvalue weighted by atomic mass is 10.3. The molecule has 4 nitrogen and oxygen atoms in total. The first-order chi connectivity index (χ1) is 6.51. The highest BCUT2D eigenvalue weighted by molar-refractivity contribution is 7.89. The summed E-state index contributed by atoms with van der Waals surface area (Å²) in [4.78, 5) is -0.355. The summed E-state index contributed by atoms with van der Waals surface area (Å²) in [6, 6.07) is 3.81. The van der Waals surface area contributed by atoms with Crippen LogP contribution < -0.4 is 10.0 Å². The molecule has 0 heterocycles. The first kappa shape index (κ1) is 10.9. The molecule has 1 aromatic carbocycles. The molecule has 0 aliphatic carbocycles. The van der Waals surface area contributed by atoms with E-state index in [1.807, 2.05) is 0 Å². The van der Waals surface area contributed by atoms with E-state index in [1.54, 1.807) is 7.05 Å². The molecule has 2 N–H and O–H groups in total. The molecule has 14 heavy (non-hydrogen) atoms. The van der Waals surface area contributed by atoms with Gasteiger partial charge in [-0.3, -0.25) is 0 Å². The lowest BCUT2D eigenvalue weighted by molar-refractivity contribution is 0.562. The predicted molar refractivity (Wildman–Crippen MR) is 52.2 cm³/mol. The summed E-state index contributed by atoms with van der Waals surface area (Å²) in [6.45, 7) is 0. The molecule has 0 aromatic heterocycles. The van der Waals surface area contributed by atoms with E-state index in [9.17, 15) is 12.8 Å². The number of hydrogen-bond acceptors (Lipinski definition) is 3. The van der Waals surface area contributed by atoms with Gasteiger partial charge < -0.3 is 5.32 Å². The normalized spacial score (nSPS) is 11.4. The number of rotatable bonds is 3. The van der Waals surface area contributed by atoms with Crippen LogP contribution in [-0.2, 0) is 10.0 Å². The van der Waals surface area contributed by atoms with Gasteiger partial charge in [-0.2, -0.15) is 0 Å². The van der Waals surface area contributed by atoms with Crippen molar-refractivity contribution < 1.29 is 12.8 Å². The van der Waals surface area contributed by atoms with Crippen LogP contribution in [0.4, 0.5) is 10.1 Å². The smallest absolute Gasteiger partial charge is 0.243 e. The van der Waals surface area contributed by atoms with Crippen LogP contribution in [0, 0.1) is 5.82 Å². The Labute approximate surface area is 82.2 Å². The van der Waals surface area contributed by atoms with Gasteiger partial charge in [-0.15, -0.1) is 0 Å². The summed E-state index contributed by atoms with van der Waals surface area (Å²) in [5.74, 6) is -0.765. The molecule has 0 radical (unpaired) electrons. The number of benzene rings is 1. The Hall–Kier alpha value is -1.14. The summed E-state index contributed by atoms with van der Waals surface area (Å²) in [5.41, 5.74) is 0.542. The van der Waals surface area contributed by atoms with Crippen molar-refractivity contribution in [2.75, 3.05) is 19.4 Å². The highest BCUT2D eigenvalue weighted by atomic mass is 32.2. The zero-order valence-electron chi connectivity index (χ0n) is 7.83. The van der Waals surface area contributed by atoms with E-state index in [1.165, 1.54) is 19.2 Å². The van der Waals surface area contributed by atoms with Crippen molar-refractivity contribution in [1.82, 2.24) is 4.72 Å². The van der Waals surface area contributed by atoms with Crippen LogP contribution in [-0.4, -0.2) is 22.5 Å². The van der Waals surface area contributed by atoms with Gasteiger partial charge in [0.15, 0.2) is 0 Å². The molecule has 0 atom stereocenters. The molecule has 0 aliphatic heterocycles. The number of sulfonamides is 1. The van der Waals surface area contributed by atoms with Crippen LogP contribution in [0.2, 0.25) is 0 Å². The zero-order chi connectivity index (χ0) is 10.8. The lowest BCUT2D eigenvalue weighted by Crippen LogP contribution is -2.20. The van der Waals surface area contributed by atoms with Gasteiger partial charge >= 0.3 is 0 Å². The minimum absolute atomic E-state index is 0.355. The van der Waals surface area contributed by atoms with Crippen molar-refractivity contribution >= 4 is 15.7 Å². The Morgan fingerprint density at radius 3 is 2.43 bits per heavy atom. The Balaban J connectivity index is 3.33. The maximum atomic E-state index is 13.1. The van der Waals surface area contributed by atoms with Crippen LogP contribution >= 0.6 is 0 Å². The van der Waals surface area contributed by atoms with Crippen molar-refractivity contribution in [3.05, 3.63) is 24.0 Å². The molecular formula is C8H11FN2O2S. The first-order valence-corrected chi connectivity index (χ1v) is 5.40. The highest BCUT2D eigenvalue weighted by Gasteiger charge is 2.16. The molecule has 1 aromatic rings. The quantitative estimate of drug-likeness (QED) is 0.788. The van der Waals surface area contributed by atoms with Crippen LogP contribution in [0.3, 0.4) is 0 Å². The highest BCUT2D eigenvalue weighted by Crippen LogP contribution is 2.18. The molecule has 0 bridgehead atoms. The van der Waals surface area contributed by atoms with Crippen LogP contribution in [0.1, 0.15) is 0 Å². The molecule has 0 unspecified atom stereocenters. The minimum atomic E-state index is -3.73. The zero-order valence-corrected chi connectivity index (χ0v) is 8.65. The van der Waals surface area contributed by atoms with E-state index in [2.05, 4.69) is 10.0 Å². The van der Waals surface area contributed by atoms with Gasteiger partial charge in [0.05, 0.1) is 0 Å². The van der Waals surface area contributed by atoms with Crippen molar-refractivity contribution in [3.63, 3.8) is 0 Å². The Morgan fingerprint density at radius 1 is 1.29 bits per heavy atom. The molecule has 78 valence electrons. The molecule has 1 rings (SSSR count). The third kappa shape index (κ3) is 2.02. The minimum Gasteiger partial charge on any atom is -0.388 e. The van der Waals surface area contributed by atoms with Crippen LogP contribution in [0.25, 0.3) is 0 Å². The van der Waals surface area contributed by atoms with E-state index in [0.29, 0.717) is 5.69 Å². The Bertz CT molecular complexity index is 431. The van der Waals surface area contributed by atoms with Crippen molar-refractivity contribution in [1.29, 1.82) is 0 Å². The van der Waals surface area contributed by atoms with Gasteiger partial charge in [-0.1, -0.05) is 0 Å². The molecule has 0 spiro atoms. The maximum Gasteiger partial charge on any atom is 0.243 e. The second-order valence-electron chi connectivity index (χ2n) is 2.60. The average Bonchev–Trinajstić information content (AvgIpc) is 2.18. The SMILES string of the molecule is CNc1ccc(F)c(S(=O)(=O)NC)c1. The van der Waals surface area contributed by atoms with E-state index >= 15 is 0 Å². The van der Waals surface area contributed by atoms with E-state index < -0.39 is 15.8 Å². The summed E-state index contributed by atoms with van der Waals surface area (Å²) >= 11 is 0. The van der Waals surface area contributed by atoms with E-state index in [-0.39, 0.29) is 4.90 Å². The number of anilines is 1.